The second kappa shape index (κ2) is 5.27. The van der Waals surface area contributed by atoms with Gasteiger partial charge in [0.1, 0.15) is 12.3 Å². The Hall–Kier alpha value is -3.08. The molecule has 0 amide bonds. The molecule has 1 aromatic carbocycles. The van der Waals surface area contributed by atoms with Crippen molar-refractivity contribution in [1.82, 2.24) is 9.55 Å². The van der Waals surface area contributed by atoms with Crippen LogP contribution in [0, 0.1) is 21.4 Å². The molecule has 0 saturated carbocycles. The fraction of sp³-hybridized carbons (Fsp3) is 0.167. The van der Waals surface area contributed by atoms with E-state index in [1.54, 1.807) is 6.07 Å². The van der Waals surface area contributed by atoms with Gasteiger partial charge >= 0.3 is 5.82 Å². The Balaban J connectivity index is 2.57. The van der Waals surface area contributed by atoms with Crippen LogP contribution >= 0.6 is 0 Å². The van der Waals surface area contributed by atoms with Crippen LogP contribution in [0.15, 0.2) is 24.7 Å². The van der Waals surface area contributed by atoms with Crippen LogP contribution in [0.25, 0.3) is 5.69 Å². The zero-order chi connectivity index (χ0) is 14.7. The lowest BCUT2D eigenvalue weighted by molar-refractivity contribution is -0.389. The number of hydrogen-bond acceptors (Lipinski definition) is 6. The molecule has 8 heteroatoms. The third-order valence-electron chi connectivity index (χ3n) is 2.64. The summed E-state index contributed by atoms with van der Waals surface area (Å²) >= 11 is 0. The van der Waals surface area contributed by atoms with Crippen molar-refractivity contribution < 1.29 is 14.4 Å². The van der Waals surface area contributed by atoms with Crippen LogP contribution in [0.3, 0.4) is 0 Å². The van der Waals surface area contributed by atoms with Gasteiger partial charge in [-0.3, -0.25) is 4.57 Å². The third-order valence-corrected chi connectivity index (χ3v) is 2.64. The number of rotatable bonds is 4. The Morgan fingerprint density at radius 2 is 2.15 bits per heavy atom. The normalized spacial score (nSPS) is 9.85. The molecule has 0 aliphatic rings. The van der Waals surface area contributed by atoms with Gasteiger partial charge < -0.3 is 19.6 Å². The van der Waals surface area contributed by atoms with E-state index in [0.29, 0.717) is 17.2 Å². The second-order valence-corrected chi connectivity index (χ2v) is 3.74. The molecule has 20 heavy (non-hydrogen) atoms. The predicted octanol–water partition coefficient (Wildman–Crippen LogP) is 1.67. The van der Waals surface area contributed by atoms with Crippen LogP contribution in [0.2, 0.25) is 0 Å². The molecule has 1 heterocycles. The van der Waals surface area contributed by atoms with Crippen molar-refractivity contribution in [2.75, 3.05) is 14.2 Å². The summed E-state index contributed by atoms with van der Waals surface area (Å²) in [6.07, 6.45) is 2.54. The smallest absolute Gasteiger partial charge is 0.381 e. The third kappa shape index (κ3) is 2.24. The summed E-state index contributed by atoms with van der Waals surface area (Å²) in [4.78, 5) is 13.7. The molecule has 0 N–H and O–H groups in total. The van der Waals surface area contributed by atoms with Crippen LogP contribution in [0.1, 0.15) is 5.56 Å². The van der Waals surface area contributed by atoms with Gasteiger partial charge in [-0.2, -0.15) is 5.26 Å². The van der Waals surface area contributed by atoms with Crippen LogP contribution in [-0.4, -0.2) is 28.7 Å². The summed E-state index contributed by atoms with van der Waals surface area (Å²) in [5.74, 6) is 0.393. The monoisotopic (exact) mass is 274 g/mol. The second-order valence-electron chi connectivity index (χ2n) is 3.74. The van der Waals surface area contributed by atoms with Crippen molar-refractivity contribution in [3.05, 3.63) is 40.3 Å². The Kier molecular flexibility index (Phi) is 3.52. The number of nitro groups is 1. The Labute approximate surface area is 113 Å². The van der Waals surface area contributed by atoms with E-state index in [-0.39, 0.29) is 11.4 Å². The van der Waals surface area contributed by atoms with Gasteiger partial charge in [0.25, 0.3) is 0 Å². The molecule has 0 atom stereocenters. The molecule has 0 bridgehead atoms. The highest BCUT2D eigenvalue weighted by molar-refractivity contribution is 5.59. The molecule has 0 saturated heterocycles. The number of ether oxygens (including phenoxy) is 2. The summed E-state index contributed by atoms with van der Waals surface area (Å²) in [5.41, 5.74) is 0.776. The molecule has 0 fully saturated rings. The topological polar surface area (TPSA) is 103 Å². The van der Waals surface area contributed by atoms with E-state index < -0.39 is 4.92 Å². The van der Waals surface area contributed by atoms with E-state index in [1.807, 2.05) is 6.07 Å². The SMILES string of the molecule is COc1cc(-n2cnc([N+](=O)[O-])c2)cc(C#N)c1OC. The van der Waals surface area contributed by atoms with Gasteiger partial charge in [0.15, 0.2) is 11.5 Å². The first-order chi connectivity index (χ1) is 9.60. The average Bonchev–Trinajstić information content (AvgIpc) is 2.95. The highest BCUT2D eigenvalue weighted by Gasteiger charge is 2.16. The van der Waals surface area contributed by atoms with Crippen molar-refractivity contribution >= 4 is 5.82 Å². The molecule has 0 aliphatic heterocycles. The lowest BCUT2D eigenvalue weighted by Gasteiger charge is -2.11. The largest absolute Gasteiger partial charge is 0.493 e. The average molecular weight is 274 g/mol. The molecular weight excluding hydrogens is 264 g/mol. The Morgan fingerprint density at radius 1 is 1.40 bits per heavy atom. The van der Waals surface area contributed by atoms with Crippen LogP contribution in [0.5, 0.6) is 11.5 Å². The molecule has 2 aromatic rings. The number of aromatic nitrogens is 2. The van der Waals surface area contributed by atoms with E-state index in [0.717, 1.165) is 0 Å². The summed E-state index contributed by atoms with van der Waals surface area (Å²) in [6, 6.07) is 5.13. The van der Waals surface area contributed by atoms with Crippen molar-refractivity contribution in [3.63, 3.8) is 0 Å². The molecule has 8 nitrogen and oxygen atoms in total. The number of methoxy groups -OCH3 is 2. The first-order valence-corrected chi connectivity index (χ1v) is 5.45. The van der Waals surface area contributed by atoms with Crippen LogP contribution in [-0.2, 0) is 0 Å². The number of benzene rings is 1. The minimum Gasteiger partial charge on any atom is -0.493 e. The summed E-state index contributed by atoms with van der Waals surface area (Å²) in [6.45, 7) is 0. The Morgan fingerprint density at radius 3 is 2.65 bits per heavy atom. The zero-order valence-corrected chi connectivity index (χ0v) is 10.7. The van der Waals surface area contributed by atoms with E-state index in [2.05, 4.69) is 4.98 Å². The maximum Gasteiger partial charge on any atom is 0.381 e. The number of nitrogens with zero attached hydrogens (tertiary/aromatic N) is 4. The van der Waals surface area contributed by atoms with Crippen molar-refractivity contribution in [2.45, 2.75) is 0 Å². The zero-order valence-electron chi connectivity index (χ0n) is 10.7. The fourth-order valence-electron chi connectivity index (χ4n) is 1.73. The summed E-state index contributed by atoms with van der Waals surface area (Å²) in [7, 11) is 2.87. The minimum absolute atomic E-state index is 0.262. The quantitative estimate of drug-likeness (QED) is 0.620. The lowest BCUT2D eigenvalue weighted by atomic mass is 10.1. The van der Waals surface area contributed by atoms with Gasteiger partial charge in [0.2, 0.25) is 6.33 Å². The maximum absolute atomic E-state index is 10.6. The fourth-order valence-corrected chi connectivity index (χ4v) is 1.73. The standard InChI is InChI=1S/C12H10N4O4/c1-19-10-4-9(3-8(5-13)12(10)20-2)15-6-11(14-7-15)16(17)18/h3-4,6-7H,1-2H3. The molecule has 0 aliphatic carbocycles. The number of imidazole rings is 1. The van der Waals surface area contributed by atoms with E-state index >= 15 is 0 Å². The van der Waals surface area contributed by atoms with Crippen LogP contribution < -0.4 is 9.47 Å². The van der Waals surface area contributed by atoms with E-state index in [9.17, 15) is 10.1 Å². The molecule has 0 unspecified atom stereocenters. The van der Waals surface area contributed by atoms with Crippen molar-refractivity contribution in [3.8, 4) is 23.3 Å². The highest BCUT2D eigenvalue weighted by atomic mass is 16.6. The van der Waals surface area contributed by atoms with Crippen molar-refractivity contribution in [1.29, 1.82) is 5.26 Å². The van der Waals surface area contributed by atoms with Gasteiger partial charge in [-0.25, -0.2) is 0 Å². The highest BCUT2D eigenvalue weighted by Crippen LogP contribution is 2.33. The molecule has 1 aromatic heterocycles. The molecule has 2 rings (SSSR count). The number of nitriles is 1. The molecule has 0 spiro atoms. The van der Waals surface area contributed by atoms with Gasteiger partial charge in [0, 0.05) is 6.07 Å². The molecule has 102 valence electrons. The molecular formula is C12H10N4O4. The first-order valence-electron chi connectivity index (χ1n) is 5.45. The van der Waals surface area contributed by atoms with Crippen molar-refractivity contribution in [2.24, 2.45) is 0 Å². The number of hydrogen-bond donors (Lipinski definition) is 0. The Bertz CT molecular complexity index is 702. The minimum atomic E-state index is -0.595. The van der Waals surface area contributed by atoms with E-state index in [4.69, 9.17) is 14.7 Å². The van der Waals surface area contributed by atoms with Gasteiger partial charge in [-0.1, -0.05) is 0 Å². The molecule has 0 radical (unpaired) electrons. The maximum atomic E-state index is 10.6. The van der Waals surface area contributed by atoms with Gasteiger partial charge in [-0.15, -0.1) is 0 Å². The van der Waals surface area contributed by atoms with Gasteiger partial charge in [0.05, 0.1) is 25.5 Å². The van der Waals surface area contributed by atoms with Gasteiger partial charge in [-0.05, 0) is 16.0 Å². The first kappa shape index (κ1) is 13.4. The lowest BCUT2D eigenvalue weighted by Crippen LogP contribution is -1.98. The predicted molar refractivity (Wildman–Crippen MR) is 68.0 cm³/mol. The summed E-state index contributed by atoms with van der Waals surface area (Å²) < 4.78 is 11.7. The van der Waals surface area contributed by atoms with E-state index in [1.165, 1.54) is 37.4 Å². The summed E-state index contributed by atoms with van der Waals surface area (Å²) in [5, 5.41) is 19.7. The van der Waals surface area contributed by atoms with Crippen LogP contribution in [0.4, 0.5) is 5.82 Å².